The molecular weight excluding hydrogens is 262 g/mol. The first-order valence-corrected chi connectivity index (χ1v) is 8.31. The minimum absolute atomic E-state index is 0.211. The minimum atomic E-state index is 0.211. The predicted octanol–water partition coefficient (Wildman–Crippen LogP) is 3.15. The summed E-state index contributed by atoms with van der Waals surface area (Å²) < 4.78 is 0. The summed E-state index contributed by atoms with van der Waals surface area (Å²) >= 11 is 0. The number of amides is 1. The quantitative estimate of drug-likeness (QED) is 0.801. The molecular formula is C17H25N3O. The molecule has 4 heteroatoms. The van der Waals surface area contributed by atoms with Gasteiger partial charge in [0.15, 0.2) is 0 Å². The molecule has 4 nitrogen and oxygen atoms in total. The van der Waals surface area contributed by atoms with E-state index in [1.807, 2.05) is 17.2 Å². The Morgan fingerprint density at radius 3 is 2.57 bits per heavy atom. The van der Waals surface area contributed by atoms with E-state index in [-0.39, 0.29) is 6.04 Å². The average Bonchev–Trinajstić information content (AvgIpc) is 2.84. The van der Waals surface area contributed by atoms with Crippen LogP contribution in [0, 0.1) is 0 Å². The second kappa shape index (κ2) is 6.92. The van der Waals surface area contributed by atoms with Gasteiger partial charge in [0.2, 0.25) is 6.41 Å². The molecule has 2 saturated heterocycles. The lowest BCUT2D eigenvalue weighted by Gasteiger charge is -2.35. The highest BCUT2D eigenvalue weighted by Gasteiger charge is 2.27. The zero-order valence-electron chi connectivity index (χ0n) is 12.7. The number of hydrogen-bond acceptors (Lipinski definition) is 3. The highest BCUT2D eigenvalue weighted by atomic mass is 16.1. The van der Waals surface area contributed by atoms with Crippen molar-refractivity contribution in [1.82, 2.24) is 9.88 Å². The van der Waals surface area contributed by atoms with Crippen molar-refractivity contribution in [3.05, 3.63) is 23.9 Å². The Morgan fingerprint density at radius 2 is 1.81 bits per heavy atom. The van der Waals surface area contributed by atoms with Crippen molar-refractivity contribution < 1.29 is 4.79 Å². The average molecular weight is 287 g/mol. The van der Waals surface area contributed by atoms with Crippen molar-refractivity contribution in [1.29, 1.82) is 0 Å². The molecule has 1 aromatic heterocycles. The number of pyridine rings is 1. The maximum Gasteiger partial charge on any atom is 0.210 e. The van der Waals surface area contributed by atoms with E-state index in [1.54, 1.807) is 0 Å². The predicted molar refractivity (Wildman–Crippen MR) is 84.3 cm³/mol. The van der Waals surface area contributed by atoms with Gasteiger partial charge in [-0.25, -0.2) is 4.98 Å². The van der Waals surface area contributed by atoms with Crippen molar-refractivity contribution in [2.45, 2.75) is 51.0 Å². The zero-order chi connectivity index (χ0) is 14.5. The van der Waals surface area contributed by atoms with E-state index in [4.69, 9.17) is 0 Å². The first-order chi connectivity index (χ1) is 10.4. The van der Waals surface area contributed by atoms with Crippen LogP contribution in [0.25, 0.3) is 0 Å². The Bertz CT molecular complexity index is 469. The van der Waals surface area contributed by atoms with E-state index in [9.17, 15) is 4.79 Å². The van der Waals surface area contributed by atoms with Crippen molar-refractivity contribution in [2.75, 3.05) is 24.5 Å². The first-order valence-electron chi connectivity index (χ1n) is 8.31. The molecule has 2 aliphatic rings. The molecule has 0 spiro atoms. The van der Waals surface area contributed by atoms with Gasteiger partial charge in [-0.15, -0.1) is 0 Å². The fraction of sp³-hybridized carbons (Fsp3) is 0.647. The van der Waals surface area contributed by atoms with Crippen LogP contribution in [0.4, 0.5) is 5.82 Å². The smallest absolute Gasteiger partial charge is 0.210 e. The van der Waals surface area contributed by atoms with Gasteiger partial charge in [-0.1, -0.05) is 18.9 Å². The second-order valence-electron chi connectivity index (χ2n) is 6.17. The van der Waals surface area contributed by atoms with Crippen molar-refractivity contribution in [3.8, 4) is 0 Å². The van der Waals surface area contributed by atoms with E-state index in [1.165, 1.54) is 37.7 Å². The number of aromatic nitrogens is 1. The van der Waals surface area contributed by atoms with Crippen molar-refractivity contribution in [2.24, 2.45) is 0 Å². The standard InChI is InChI=1S/C17H25N3O/c21-14-20-13-6-3-9-16(20)15-8-7-10-18-17(15)19-11-4-1-2-5-12-19/h7-8,10,14,16H,1-6,9,11-13H2/t16-/m1/s1. The van der Waals surface area contributed by atoms with Crippen LogP contribution in [-0.4, -0.2) is 35.9 Å². The molecule has 2 fully saturated rings. The number of hydrogen-bond donors (Lipinski definition) is 0. The highest BCUT2D eigenvalue weighted by Crippen LogP contribution is 2.35. The highest BCUT2D eigenvalue weighted by molar-refractivity contribution is 5.54. The summed E-state index contributed by atoms with van der Waals surface area (Å²) in [6, 6.07) is 4.39. The minimum Gasteiger partial charge on any atom is -0.356 e. The normalized spacial score (nSPS) is 23.7. The zero-order valence-corrected chi connectivity index (χ0v) is 12.7. The van der Waals surface area contributed by atoms with Crippen LogP contribution in [0.15, 0.2) is 18.3 Å². The van der Waals surface area contributed by atoms with Gasteiger partial charge < -0.3 is 9.80 Å². The summed E-state index contributed by atoms with van der Waals surface area (Å²) in [5.41, 5.74) is 1.24. The second-order valence-corrected chi connectivity index (χ2v) is 6.17. The van der Waals surface area contributed by atoms with Crippen LogP contribution in [0.5, 0.6) is 0 Å². The molecule has 0 N–H and O–H groups in total. The fourth-order valence-electron chi connectivity index (χ4n) is 3.63. The molecule has 0 aromatic carbocycles. The Labute approximate surface area is 127 Å². The van der Waals surface area contributed by atoms with Gasteiger partial charge in [0.1, 0.15) is 5.82 Å². The number of nitrogens with zero attached hydrogens (tertiary/aromatic N) is 3. The van der Waals surface area contributed by atoms with Gasteiger partial charge in [0.25, 0.3) is 0 Å². The van der Waals surface area contributed by atoms with Gasteiger partial charge in [-0.05, 0) is 38.2 Å². The molecule has 1 atom stereocenters. The third kappa shape index (κ3) is 3.20. The lowest BCUT2D eigenvalue weighted by Crippen LogP contribution is -2.34. The molecule has 0 bridgehead atoms. The van der Waals surface area contributed by atoms with Gasteiger partial charge >= 0.3 is 0 Å². The number of anilines is 1. The van der Waals surface area contributed by atoms with Crippen LogP contribution in [0.1, 0.15) is 56.6 Å². The summed E-state index contributed by atoms with van der Waals surface area (Å²) in [5.74, 6) is 1.11. The van der Waals surface area contributed by atoms with Crippen LogP contribution in [0.3, 0.4) is 0 Å². The monoisotopic (exact) mass is 287 g/mol. The third-order valence-corrected chi connectivity index (χ3v) is 4.76. The Hall–Kier alpha value is -1.58. The molecule has 1 aromatic rings. The summed E-state index contributed by atoms with van der Waals surface area (Å²) in [5, 5.41) is 0. The lowest BCUT2D eigenvalue weighted by atomic mass is 9.96. The number of carbonyl (C=O) groups excluding carboxylic acids is 1. The number of rotatable bonds is 3. The molecule has 21 heavy (non-hydrogen) atoms. The molecule has 1 amide bonds. The lowest BCUT2D eigenvalue weighted by molar-refractivity contribution is -0.121. The van der Waals surface area contributed by atoms with Gasteiger partial charge in [-0.2, -0.15) is 0 Å². The van der Waals surface area contributed by atoms with E-state index < -0.39 is 0 Å². The number of piperidine rings is 1. The molecule has 3 heterocycles. The Morgan fingerprint density at radius 1 is 1.05 bits per heavy atom. The maximum absolute atomic E-state index is 11.4. The number of carbonyl (C=O) groups is 1. The summed E-state index contributed by atoms with van der Waals surface area (Å²) in [6.45, 7) is 3.07. The number of likely N-dealkylation sites (tertiary alicyclic amines) is 1. The molecule has 0 unspecified atom stereocenters. The van der Waals surface area contributed by atoms with Gasteiger partial charge in [0, 0.05) is 31.4 Å². The van der Waals surface area contributed by atoms with Crippen LogP contribution >= 0.6 is 0 Å². The molecule has 2 aliphatic heterocycles. The molecule has 3 rings (SSSR count). The maximum atomic E-state index is 11.4. The van der Waals surface area contributed by atoms with E-state index >= 15 is 0 Å². The summed E-state index contributed by atoms with van der Waals surface area (Å²) in [6.07, 6.45) is 11.4. The summed E-state index contributed by atoms with van der Waals surface area (Å²) in [4.78, 5) is 20.4. The van der Waals surface area contributed by atoms with Crippen molar-refractivity contribution >= 4 is 12.2 Å². The third-order valence-electron chi connectivity index (χ3n) is 4.76. The largest absolute Gasteiger partial charge is 0.356 e. The van der Waals surface area contributed by atoms with E-state index in [0.29, 0.717) is 0 Å². The molecule has 0 aliphatic carbocycles. The van der Waals surface area contributed by atoms with Gasteiger partial charge in [-0.3, -0.25) is 4.79 Å². The molecule has 0 saturated carbocycles. The van der Waals surface area contributed by atoms with Gasteiger partial charge in [0.05, 0.1) is 6.04 Å². The van der Waals surface area contributed by atoms with E-state index in [0.717, 1.165) is 44.7 Å². The molecule has 0 radical (unpaired) electrons. The van der Waals surface area contributed by atoms with Crippen molar-refractivity contribution in [3.63, 3.8) is 0 Å². The van der Waals surface area contributed by atoms with Crippen LogP contribution in [0.2, 0.25) is 0 Å². The fourth-order valence-corrected chi connectivity index (χ4v) is 3.63. The summed E-state index contributed by atoms with van der Waals surface area (Å²) in [7, 11) is 0. The molecule has 114 valence electrons. The van der Waals surface area contributed by atoms with Crippen LogP contribution < -0.4 is 4.90 Å². The topological polar surface area (TPSA) is 36.4 Å². The Balaban J connectivity index is 1.89. The SMILES string of the molecule is O=CN1CCCC[C@@H]1c1cccnc1N1CCCCCC1. The first kappa shape index (κ1) is 14.4. The van der Waals surface area contributed by atoms with Crippen LogP contribution in [-0.2, 0) is 4.79 Å². The van der Waals surface area contributed by atoms with E-state index in [2.05, 4.69) is 16.0 Å². The Kier molecular flexibility index (Phi) is 4.73.